The summed E-state index contributed by atoms with van der Waals surface area (Å²) in [5.41, 5.74) is 1.79. The zero-order valence-electron chi connectivity index (χ0n) is 10.3. The molecule has 1 aromatic carbocycles. The summed E-state index contributed by atoms with van der Waals surface area (Å²) in [6.07, 6.45) is 0. The van der Waals surface area contributed by atoms with Gasteiger partial charge < -0.3 is 15.0 Å². The van der Waals surface area contributed by atoms with E-state index in [0.29, 0.717) is 5.56 Å². The molecule has 0 spiro atoms. The van der Waals surface area contributed by atoms with Gasteiger partial charge >= 0.3 is 11.7 Å². The summed E-state index contributed by atoms with van der Waals surface area (Å²) in [5.74, 6) is -0.399. The minimum absolute atomic E-state index is 0. The molecule has 2 aromatic rings. The number of ether oxygens (including phenoxy) is 1. The van der Waals surface area contributed by atoms with Crippen molar-refractivity contribution in [1.29, 1.82) is 0 Å². The summed E-state index contributed by atoms with van der Waals surface area (Å²) in [4.78, 5) is 26.2. The van der Waals surface area contributed by atoms with Gasteiger partial charge in [-0.15, -0.1) is 12.4 Å². The van der Waals surface area contributed by atoms with Crippen molar-refractivity contribution < 1.29 is 9.53 Å². The molecular formula is C12H14ClN3O3. The van der Waals surface area contributed by atoms with Crippen molar-refractivity contribution in [3.8, 4) is 0 Å². The third-order valence-electron chi connectivity index (χ3n) is 3.26. The number of hydrogen-bond acceptors (Lipinski definition) is 4. The lowest BCUT2D eigenvalue weighted by Crippen LogP contribution is -2.46. The summed E-state index contributed by atoms with van der Waals surface area (Å²) in [5, 5.41) is 3.12. The van der Waals surface area contributed by atoms with E-state index >= 15 is 0 Å². The highest BCUT2D eigenvalue weighted by Gasteiger charge is 2.23. The minimum atomic E-state index is -0.399. The van der Waals surface area contributed by atoms with Crippen LogP contribution < -0.4 is 11.0 Å². The van der Waals surface area contributed by atoms with Crippen molar-refractivity contribution in [2.75, 3.05) is 20.2 Å². The van der Waals surface area contributed by atoms with Crippen LogP contribution in [0.15, 0.2) is 23.0 Å². The molecule has 0 radical (unpaired) electrons. The molecule has 6 nitrogen and oxygen atoms in total. The van der Waals surface area contributed by atoms with Gasteiger partial charge in [-0.2, -0.15) is 0 Å². The van der Waals surface area contributed by atoms with Gasteiger partial charge in [0.2, 0.25) is 0 Å². The van der Waals surface area contributed by atoms with Gasteiger partial charge in [-0.3, -0.25) is 4.57 Å². The summed E-state index contributed by atoms with van der Waals surface area (Å²) in [6.45, 7) is 1.55. The van der Waals surface area contributed by atoms with E-state index in [1.54, 1.807) is 22.8 Å². The number of carbonyl (C=O) groups excluding carboxylic acids is 1. The second kappa shape index (κ2) is 5.07. The molecule has 7 heteroatoms. The molecule has 0 unspecified atom stereocenters. The Morgan fingerprint density at radius 3 is 2.74 bits per heavy atom. The van der Waals surface area contributed by atoms with Crippen LogP contribution in [0, 0.1) is 0 Å². The Morgan fingerprint density at radius 1 is 1.42 bits per heavy atom. The largest absolute Gasteiger partial charge is 0.465 e. The molecule has 1 saturated heterocycles. The Labute approximate surface area is 115 Å². The molecule has 2 N–H and O–H groups in total. The number of fused-ring (bicyclic) bond motifs is 1. The van der Waals surface area contributed by atoms with E-state index in [9.17, 15) is 9.59 Å². The molecule has 0 saturated carbocycles. The third-order valence-corrected chi connectivity index (χ3v) is 3.26. The third kappa shape index (κ3) is 2.13. The van der Waals surface area contributed by atoms with E-state index in [-0.39, 0.29) is 24.1 Å². The number of halogens is 1. The topological polar surface area (TPSA) is 76.1 Å². The highest BCUT2D eigenvalue weighted by Crippen LogP contribution is 2.19. The highest BCUT2D eigenvalue weighted by molar-refractivity contribution is 5.93. The van der Waals surface area contributed by atoms with Crippen molar-refractivity contribution in [2.45, 2.75) is 6.04 Å². The van der Waals surface area contributed by atoms with Crippen molar-refractivity contribution in [2.24, 2.45) is 0 Å². The van der Waals surface area contributed by atoms with Crippen LogP contribution in [0.5, 0.6) is 0 Å². The average Bonchev–Trinajstić information content (AvgIpc) is 2.63. The first-order valence-corrected chi connectivity index (χ1v) is 5.74. The van der Waals surface area contributed by atoms with E-state index in [2.05, 4.69) is 15.0 Å². The fourth-order valence-electron chi connectivity index (χ4n) is 2.18. The lowest BCUT2D eigenvalue weighted by molar-refractivity contribution is 0.0601. The number of carbonyl (C=O) groups is 1. The normalized spacial score (nSPS) is 14.8. The van der Waals surface area contributed by atoms with Gasteiger partial charge in [0.25, 0.3) is 0 Å². The van der Waals surface area contributed by atoms with Crippen molar-refractivity contribution in [3.05, 3.63) is 34.2 Å². The molecular weight excluding hydrogens is 270 g/mol. The molecule has 0 aliphatic carbocycles. The Balaban J connectivity index is 0.00000133. The first-order valence-electron chi connectivity index (χ1n) is 5.74. The molecule has 2 heterocycles. The molecule has 1 aliphatic heterocycles. The molecule has 0 atom stereocenters. The second-order valence-corrected chi connectivity index (χ2v) is 4.34. The molecule has 0 amide bonds. The van der Waals surface area contributed by atoms with Gasteiger partial charge in [0, 0.05) is 13.1 Å². The van der Waals surface area contributed by atoms with E-state index in [1.165, 1.54) is 7.11 Å². The van der Waals surface area contributed by atoms with Crippen molar-refractivity contribution >= 4 is 29.4 Å². The molecule has 0 bridgehead atoms. The zero-order chi connectivity index (χ0) is 12.7. The van der Waals surface area contributed by atoms with Crippen molar-refractivity contribution in [3.63, 3.8) is 0 Å². The molecule has 1 aromatic heterocycles. The number of nitrogens with zero attached hydrogens (tertiary/aromatic N) is 1. The number of nitrogens with one attached hydrogen (secondary N) is 2. The monoisotopic (exact) mass is 283 g/mol. The number of rotatable bonds is 2. The SMILES string of the molecule is COC(=O)c1ccc2[nH]c(=O)n(C3CNC3)c2c1.Cl. The predicted octanol–water partition coefficient (Wildman–Crippen LogP) is 0.682. The Hall–Kier alpha value is -1.79. The van der Waals surface area contributed by atoms with Crippen molar-refractivity contribution in [1.82, 2.24) is 14.9 Å². The standard InChI is InChI=1S/C12H13N3O3.ClH/c1-18-11(16)7-2-3-9-10(4-7)15(12(17)14-9)8-5-13-6-8;/h2-4,8,13H,5-6H2,1H3,(H,14,17);1H. The van der Waals surface area contributed by atoms with Gasteiger partial charge in [-0.1, -0.05) is 0 Å². The maximum Gasteiger partial charge on any atom is 0.337 e. The lowest BCUT2D eigenvalue weighted by atomic mass is 10.1. The number of aromatic amines is 1. The van der Waals surface area contributed by atoms with E-state index in [1.807, 2.05) is 0 Å². The van der Waals surface area contributed by atoms with Gasteiger partial charge in [-0.05, 0) is 18.2 Å². The summed E-state index contributed by atoms with van der Waals surface area (Å²) < 4.78 is 6.38. The fraction of sp³-hybridized carbons (Fsp3) is 0.333. The van der Waals surface area contributed by atoms with E-state index in [0.717, 1.165) is 24.1 Å². The van der Waals surface area contributed by atoms with E-state index in [4.69, 9.17) is 0 Å². The van der Waals surface area contributed by atoms with Gasteiger partial charge in [0.05, 0.1) is 29.7 Å². The van der Waals surface area contributed by atoms with Crippen LogP contribution in [-0.4, -0.2) is 35.7 Å². The van der Waals surface area contributed by atoms with Gasteiger partial charge in [-0.25, -0.2) is 9.59 Å². The fourth-order valence-corrected chi connectivity index (χ4v) is 2.18. The maximum atomic E-state index is 11.9. The number of benzene rings is 1. The molecule has 1 aliphatic rings. The first-order chi connectivity index (χ1) is 8.70. The summed E-state index contributed by atoms with van der Waals surface area (Å²) in [6, 6.07) is 5.22. The minimum Gasteiger partial charge on any atom is -0.465 e. The van der Waals surface area contributed by atoms with Crippen LogP contribution in [-0.2, 0) is 4.74 Å². The number of methoxy groups -OCH3 is 1. The van der Waals surface area contributed by atoms with Crippen LogP contribution in [0.3, 0.4) is 0 Å². The number of H-pyrrole nitrogens is 1. The van der Waals surface area contributed by atoms with Crippen LogP contribution in [0.1, 0.15) is 16.4 Å². The highest BCUT2D eigenvalue weighted by atomic mass is 35.5. The maximum absolute atomic E-state index is 11.9. The summed E-state index contributed by atoms with van der Waals surface area (Å²) in [7, 11) is 1.34. The Kier molecular flexibility index (Phi) is 3.64. The predicted molar refractivity (Wildman–Crippen MR) is 73.1 cm³/mol. The molecule has 19 heavy (non-hydrogen) atoms. The quantitative estimate of drug-likeness (QED) is 0.795. The molecule has 102 valence electrons. The zero-order valence-corrected chi connectivity index (χ0v) is 11.1. The number of imidazole rings is 1. The number of aromatic nitrogens is 2. The van der Waals surface area contributed by atoms with Crippen LogP contribution in [0.4, 0.5) is 0 Å². The van der Waals surface area contributed by atoms with Crippen LogP contribution in [0.25, 0.3) is 11.0 Å². The number of esters is 1. The second-order valence-electron chi connectivity index (χ2n) is 4.34. The molecule has 1 fully saturated rings. The Morgan fingerprint density at radius 2 is 2.16 bits per heavy atom. The lowest BCUT2D eigenvalue weighted by Gasteiger charge is -2.28. The smallest absolute Gasteiger partial charge is 0.337 e. The van der Waals surface area contributed by atoms with Gasteiger partial charge in [0.1, 0.15) is 0 Å². The average molecular weight is 284 g/mol. The summed E-state index contributed by atoms with van der Waals surface area (Å²) >= 11 is 0. The molecule has 3 rings (SSSR count). The Bertz CT molecular complexity index is 672. The van der Waals surface area contributed by atoms with Gasteiger partial charge in [0.15, 0.2) is 0 Å². The van der Waals surface area contributed by atoms with E-state index < -0.39 is 5.97 Å². The van der Waals surface area contributed by atoms with Crippen LogP contribution >= 0.6 is 12.4 Å². The van der Waals surface area contributed by atoms with Crippen LogP contribution in [0.2, 0.25) is 0 Å². The number of hydrogen-bond donors (Lipinski definition) is 2. The first kappa shape index (κ1) is 13.6.